The molecule has 386 valence electrons. The molecule has 0 fully saturated rings. The van der Waals surface area contributed by atoms with Gasteiger partial charge in [-0.15, -0.1) is 0 Å². The number of hydrogen-bond donors (Lipinski definition) is 0. The number of esters is 3. The minimum atomic E-state index is -0.353. The Balaban J connectivity index is 0.777. The second-order valence-electron chi connectivity index (χ2n) is 18.9. The number of unbranched alkanes of at least 4 members (excludes halogenated alkanes) is 12. The summed E-state index contributed by atoms with van der Waals surface area (Å²) in [5.74, 6) is 1.96. The Morgan fingerprint density at radius 3 is 1.45 bits per heavy atom. The van der Waals surface area contributed by atoms with Gasteiger partial charge in [-0.05, 0) is 165 Å². The Kier molecular flexibility index (Phi) is 24.0. The highest BCUT2D eigenvalue weighted by molar-refractivity contribution is 5.90. The molecular weight excluding hydrogens is 913 g/mol. The third kappa shape index (κ3) is 20.0. The predicted octanol–water partition coefficient (Wildman–Crippen LogP) is 15.8. The number of ether oxygens (including phenoxy) is 5. The van der Waals surface area contributed by atoms with Gasteiger partial charge in [0.15, 0.2) is 5.82 Å². The summed E-state index contributed by atoms with van der Waals surface area (Å²) in [6.07, 6.45) is 23.0. The normalized spacial score (nSPS) is 11.4. The SMILES string of the molecule is CCCCCCCc1cnc(-c2ccc(OCCCCCCC(=O)Oc3ccc(-c4ccc(C(=O)OCCCCCOc5ccc(-c6ccc(C(=O)O[C@H](C)CCCCCC)cc6)cc5)cc4)cc3)cc2)nc1. The molecule has 0 amide bonds. The van der Waals surface area contributed by atoms with Gasteiger partial charge >= 0.3 is 17.9 Å². The summed E-state index contributed by atoms with van der Waals surface area (Å²) in [5.41, 5.74) is 7.15. The Hall–Kier alpha value is -6.81. The standard InChI is InChI=1S/C63H76N2O8/c1-4-6-8-10-15-21-49-46-64-61(65-47-49)54-35-39-58(40-36-54)69-43-17-12-11-16-22-60(66)73-59-41-33-53(34-42-59)50-23-27-55(28-24-50)62(67)71-45-19-13-18-44-70-57-37-31-52(32-38-57)51-25-29-56(30-26-51)63(68)72-48(3)20-14-9-7-5-2/h23-42,46-48H,4-22,43-45H2,1-3H3/t48-/m1/s1. The van der Waals surface area contributed by atoms with Crippen molar-refractivity contribution in [3.63, 3.8) is 0 Å². The van der Waals surface area contributed by atoms with Crippen LogP contribution in [0.4, 0.5) is 0 Å². The van der Waals surface area contributed by atoms with Crippen LogP contribution < -0.4 is 14.2 Å². The highest BCUT2D eigenvalue weighted by atomic mass is 16.5. The van der Waals surface area contributed by atoms with Crippen molar-refractivity contribution < 1.29 is 38.1 Å². The molecule has 10 nitrogen and oxygen atoms in total. The van der Waals surface area contributed by atoms with Gasteiger partial charge in [-0.2, -0.15) is 0 Å². The molecule has 0 saturated heterocycles. The highest BCUT2D eigenvalue weighted by Crippen LogP contribution is 2.26. The van der Waals surface area contributed by atoms with Crippen LogP contribution in [0.25, 0.3) is 33.6 Å². The van der Waals surface area contributed by atoms with Crippen molar-refractivity contribution in [1.82, 2.24) is 9.97 Å². The fourth-order valence-electron chi connectivity index (χ4n) is 8.41. The molecule has 1 atom stereocenters. The van der Waals surface area contributed by atoms with Gasteiger partial charge in [0.25, 0.3) is 0 Å². The molecule has 0 radical (unpaired) electrons. The Bertz CT molecular complexity index is 2510. The van der Waals surface area contributed by atoms with Crippen LogP contribution in [0.3, 0.4) is 0 Å². The van der Waals surface area contributed by atoms with E-state index in [1.807, 2.05) is 116 Å². The first-order valence-corrected chi connectivity index (χ1v) is 26.9. The predicted molar refractivity (Wildman–Crippen MR) is 291 cm³/mol. The third-order valence-electron chi connectivity index (χ3n) is 12.8. The number of carbonyl (C=O) groups excluding carboxylic acids is 3. The van der Waals surface area contributed by atoms with E-state index in [0.29, 0.717) is 43.1 Å². The van der Waals surface area contributed by atoms with Crippen molar-refractivity contribution in [2.45, 2.75) is 149 Å². The van der Waals surface area contributed by atoms with Crippen LogP contribution in [0.15, 0.2) is 134 Å². The molecule has 10 heteroatoms. The molecule has 73 heavy (non-hydrogen) atoms. The van der Waals surface area contributed by atoms with E-state index in [9.17, 15) is 14.4 Å². The lowest BCUT2D eigenvalue weighted by Gasteiger charge is -2.13. The Labute approximate surface area is 434 Å². The van der Waals surface area contributed by atoms with E-state index in [4.69, 9.17) is 23.7 Å². The lowest BCUT2D eigenvalue weighted by atomic mass is 10.0. The molecular formula is C63H76N2O8. The van der Waals surface area contributed by atoms with E-state index in [0.717, 1.165) is 109 Å². The lowest BCUT2D eigenvalue weighted by Crippen LogP contribution is -2.15. The fraction of sp³-hybridized carbons (Fsp3) is 0.413. The molecule has 0 unspecified atom stereocenters. The zero-order valence-electron chi connectivity index (χ0n) is 43.5. The summed E-state index contributed by atoms with van der Waals surface area (Å²) in [6.45, 7) is 7.90. The first-order chi connectivity index (χ1) is 35.8. The third-order valence-corrected chi connectivity index (χ3v) is 12.8. The van der Waals surface area contributed by atoms with E-state index >= 15 is 0 Å². The maximum Gasteiger partial charge on any atom is 0.338 e. The maximum absolute atomic E-state index is 12.7. The van der Waals surface area contributed by atoms with Gasteiger partial charge in [-0.25, -0.2) is 19.6 Å². The number of benzene rings is 5. The average molecular weight is 989 g/mol. The number of hydrogen-bond acceptors (Lipinski definition) is 10. The molecule has 0 bridgehead atoms. The zero-order chi connectivity index (χ0) is 51.3. The molecule has 6 aromatic rings. The molecule has 0 aliphatic heterocycles. The molecule has 0 saturated carbocycles. The highest BCUT2D eigenvalue weighted by Gasteiger charge is 2.14. The van der Waals surface area contributed by atoms with Crippen molar-refractivity contribution in [2.75, 3.05) is 19.8 Å². The van der Waals surface area contributed by atoms with Crippen molar-refractivity contribution in [1.29, 1.82) is 0 Å². The van der Waals surface area contributed by atoms with Crippen LogP contribution in [0.2, 0.25) is 0 Å². The Morgan fingerprint density at radius 1 is 0.452 bits per heavy atom. The zero-order valence-corrected chi connectivity index (χ0v) is 43.5. The van der Waals surface area contributed by atoms with Gasteiger partial charge in [0, 0.05) is 24.4 Å². The van der Waals surface area contributed by atoms with Crippen LogP contribution in [0, 0.1) is 0 Å². The quantitative estimate of drug-likeness (QED) is 0.0224. The number of rotatable bonds is 33. The average Bonchev–Trinajstić information content (AvgIpc) is 3.42. The van der Waals surface area contributed by atoms with Gasteiger partial charge < -0.3 is 23.7 Å². The van der Waals surface area contributed by atoms with Gasteiger partial charge in [0.2, 0.25) is 0 Å². The first-order valence-electron chi connectivity index (χ1n) is 26.9. The van der Waals surface area contributed by atoms with Gasteiger partial charge in [-0.3, -0.25) is 4.79 Å². The Morgan fingerprint density at radius 2 is 0.890 bits per heavy atom. The summed E-state index contributed by atoms with van der Waals surface area (Å²) < 4.78 is 28.7. The molecule has 5 aromatic carbocycles. The lowest BCUT2D eigenvalue weighted by molar-refractivity contribution is -0.134. The fourth-order valence-corrected chi connectivity index (χ4v) is 8.41. The van der Waals surface area contributed by atoms with Crippen LogP contribution in [0.1, 0.15) is 163 Å². The summed E-state index contributed by atoms with van der Waals surface area (Å²) in [6, 6.07) is 38.1. The summed E-state index contributed by atoms with van der Waals surface area (Å²) in [4.78, 5) is 47.1. The second-order valence-corrected chi connectivity index (χ2v) is 18.9. The smallest absolute Gasteiger partial charge is 0.338 e. The first kappa shape index (κ1) is 55.5. The largest absolute Gasteiger partial charge is 0.494 e. The van der Waals surface area contributed by atoms with E-state index < -0.39 is 0 Å². The van der Waals surface area contributed by atoms with Crippen molar-refractivity contribution in [2.24, 2.45) is 0 Å². The summed E-state index contributed by atoms with van der Waals surface area (Å²) >= 11 is 0. The molecule has 0 aliphatic carbocycles. The van der Waals surface area contributed by atoms with Crippen LogP contribution >= 0.6 is 0 Å². The minimum absolute atomic E-state index is 0.0885. The van der Waals surface area contributed by atoms with Gasteiger partial charge in [0.05, 0.1) is 37.1 Å². The monoisotopic (exact) mass is 989 g/mol. The molecule has 1 heterocycles. The van der Waals surface area contributed by atoms with Crippen molar-refractivity contribution in [3.05, 3.63) is 150 Å². The summed E-state index contributed by atoms with van der Waals surface area (Å²) in [7, 11) is 0. The summed E-state index contributed by atoms with van der Waals surface area (Å²) in [5, 5.41) is 0. The van der Waals surface area contributed by atoms with E-state index in [1.165, 1.54) is 56.9 Å². The van der Waals surface area contributed by atoms with Crippen molar-refractivity contribution >= 4 is 17.9 Å². The minimum Gasteiger partial charge on any atom is -0.494 e. The molecule has 0 N–H and O–H groups in total. The molecule has 0 aliphatic rings. The van der Waals surface area contributed by atoms with Crippen molar-refractivity contribution in [3.8, 4) is 50.9 Å². The van der Waals surface area contributed by atoms with E-state index in [2.05, 4.69) is 23.8 Å². The topological polar surface area (TPSA) is 123 Å². The number of nitrogens with zero attached hydrogens (tertiary/aromatic N) is 2. The number of aryl methyl sites for hydroxylation is 1. The molecule has 1 aromatic heterocycles. The second kappa shape index (κ2) is 31.6. The van der Waals surface area contributed by atoms with Gasteiger partial charge in [0.1, 0.15) is 17.2 Å². The number of carbonyl (C=O) groups is 3. The van der Waals surface area contributed by atoms with Crippen LogP contribution in [0.5, 0.6) is 17.2 Å². The van der Waals surface area contributed by atoms with Crippen LogP contribution in [-0.4, -0.2) is 53.8 Å². The van der Waals surface area contributed by atoms with Gasteiger partial charge in [-0.1, -0.05) is 120 Å². The molecule has 6 rings (SSSR count). The van der Waals surface area contributed by atoms with E-state index in [-0.39, 0.29) is 24.0 Å². The van der Waals surface area contributed by atoms with Crippen LogP contribution in [-0.2, 0) is 20.7 Å². The molecule has 0 spiro atoms. The maximum atomic E-state index is 12.7. The number of aromatic nitrogens is 2. The van der Waals surface area contributed by atoms with E-state index in [1.54, 1.807) is 24.3 Å².